The number of hydrogen-bond acceptors (Lipinski definition) is 4. The van der Waals surface area contributed by atoms with Crippen LogP contribution in [0.5, 0.6) is 11.5 Å². The molecule has 0 saturated carbocycles. The Bertz CT molecular complexity index is 628. The van der Waals surface area contributed by atoms with Gasteiger partial charge in [-0.2, -0.15) is 0 Å². The largest absolute Gasteiger partial charge is 0.454 e. The maximum Gasteiger partial charge on any atom is 0.257 e. The molecule has 1 aliphatic rings. The summed E-state index contributed by atoms with van der Waals surface area (Å²) in [6, 6.07) is 9.12. The third-order valence-corrected chi connectivity index (χ3v) is 3.12. The number of fused-ring (bicyclic) bond motifs is 1. The summed E-state index contributed by atoms with van der Waals surface area (Å²) in [5, 5.41) is 0. The third kappa shape index (κ3) is 2.30. The van der Waals surface area contributed by atoms with E-state index in [1.807, 2.05) is 12.1 Å². The molecule has 2 heterocycles. The number of ether oxygens (including phenoxy) is 2. The SMILES string of the molecule is CN(Cc1cccnc1)C(=O)c1cccc2c1OCO2. The van der Waals surface area contributed by atoms with E-state index in [1.54, 1.807) is 42.5 Å². The lowest BCUT2D eigenvalue weighted by Crippen LogP contribution is -2.26. The van der Waals surface area contributed by atoms with Crippen LogP contribution in [0.15, 0.2) is 42.7 Å². The average molecular weight is 270 g/mol. The van der Waals surface area contributed by atoms with Crippen LogP contribution >= 0.6 is 0 Å². The summed E-state index contributed by atoms with van der Waals surface area (Å²) in [5.41, 5.74) is 1.50. The highest BCUT2D eigenvalue weighted by Gasteiger charge is 2.23. The number of aromatic nitrogens is 1. The third-order valence-electron chi connectivity index (χ3n) is 3.12. The molecule has 2 aromatic rings. The van der Waals surface area contributed by atoms with Crippen molar-refractivity contribution in [2.45, 2.75) is 6.54 Å². The molecule has 0 spiro atoms. The van der Waals surface area contributed by atoms with Gasteiger partial charge in [0.15, 0.2) is 11.5 Å². The molecule has 5 nitrogen and oxygen atoms in total. The second-order valence-corrected chi connectivity index (χ2v) is 4.56. The predicted molar refractivity (Wildman–Crippen MR) is 72.6 cm³/mol. The van der Waals surface area contributed by atoms with Gasteiger partial charge < -0.3 is 14.4 Å². The zero-order valence-corrected chi connectivity index (χ0v) is 11.1. The molecule has 1 amide bonds. The molecule has 5 heteroatoms. The van der Waals surface area contributed by atoms with Gasteiger partial charge in [0.2, 0.25) is 6.79 Å². The summed E-state index contributed by atoms with van der Waals surface area (Å²) in [4.78, 5) is 18.2. The van der Waals surface area contributed by atoms with Crippen molar-refractivity contribution in [1.82, 2.24) is 9.88 Å². The number of amides is 1. The van der Waals surface area contributed by atoms with Crippen molar-refractivity contribution in [1.29, 1.82) is 0 Å². The number of para-hydroxylation sites is 1. The van der Waals surface area contributed by atoms with Crippen LogP contribution in [0, 0.1) is 0 Å². The molecule has 3 rings (SSSR count). The molecule has 0 fully saturated rings. The van der Waals surface area contributed by atoms with E-state index in [-0.39, 0.29) is 12.7 Å². The molecule has 102 valence electrons. The summed E-state index contributed by atoms with van der Waals surface area (Å²) in [5.74, 6) is 1.04. The van der Waals surface area contributed by atoms with Crippen molar-refractivity contribution in [2.24, 2.45) is 0 Å². The van der Waals surface area contributed by atoms with Gasteiger partial charge in [-0.25, -0.2) is 0 Å². The molecule has 0 atom stereocenters. The van der Waals surface area contributed by atoms with Crippen LogP contribution in [-0.2, 0) is 6.54 Å². The summed E-state index contributed by atoms with van der Waals surface area (Å²) < 4.78 is 10.7. The van der Waals surface area contributed by atoms with E-state index in [0.29, 0.717) is 23.6 Å². The van der Waals surface area contributed by atoms with Crippen molar-refractivity contribution < 1.29 is 14.3 Å². The molecule has 1 aromatic heterocycles. The maximum atomic E-state index is 12.5. The minimum atomic E-state index is -0.101. The summed E-state index contributed by atoms with van der Waals surface area (Å²) >= 11 is 0. The smallest absolute Gasteiger partial charge is 0.257 e. The summed E-state index contributed by atoms with van der Waals surface area (Å²) in [7, 11) is 1.75. The lowest BCUT2D eigenvalue weighted by atomic mass is 10.1. The van der Waals surface area contributed by atoms with Crippen molar-refractivity contribution in [3.63, 3.8) is 0 Å². The number of nitrogens with zero attached hydrogens (tertiary/aromatic N) is 2. The van der Waals surface area contributed by atoms with Gasteiger partial charge in [-0.05, 0) is 23.8 Å². The second kappa shape index (κ2) is 5.21. The highest BCUT2D eigenvalue weighted by atomic mass is 16.7. The van der Waals surface area contributed by atoms with Crippen molar-refractivity contribution in [2.75, 3.05) is 13.8 Å². The molecule has 0 N–H and O–H groups in total. The van der Waals surface area contributed by atoms with E-state index in [9.17, 15) is 4.79 Å². The van der Waals surface area contributed by atoms with E-state index in [2.05, 4.69) is 4.98 Å². The first-order chi connectivity index (χ1) is 9.75. The Balaban J connectivity index is 1.81. The van der Waals surface area contributed by atoms with E-state index >= 15 is 0 Å². The Morgan fingerprint density at radius 1 is 1.30 bits per heavy atom. The van der Waals surface area contributed by atoms with Crippen LogP contribution in [0.1, 0.15) is 15.9 Å². The quantitative estimate of drug-likeness (QED) is 0.857. The van der Waals surface area contributed by atoms with Crippen LogP contribution in [0.3, 0.4) is 0 Å². The minimum absolute atomic E-state index is 0.101. The number of carbonyl (C=O) groups excluding carboxylic acids is 1. The second-order valence-electron chi connectivity index (χ2n) is 4.56. The van der Waals surface area contributed by atoms with Crippen LogP contribution in [-0.4, -0.2) is 29.6 Å². The normalized spacial score (nSPS) is 12.2. The predicted octanol–water partition coefficient (Wildman–Crippen LogP) is 2.08. The zero-order valence-electron chi connectivity index (χ0n) is 11.1. The van der Waals surface area contributed by atoms with E-state index in [0.717, 1.165) is 5.56 Å². The highest BCUT2D eigenvalue weighted by Crippen LogP contribution is 2.35. The number of carbonyl (C=O) groups is 1. The van der Waals surface area contributed by atoms with Gasteiger partial charge in [0.25, 0.3) is 5.91 Å². The Hall–Kier alpha value is -2.56. The fraction of sp³-hybridized carbons (Fsp3) is 0.200. The monoisotopic (exact) mass is 270 g/mol. The van der Waals surface area contributed by atoms with Gasteiger partial charge in [0.05, 0.1) is 5.56 Å². The van der Waals surface area contributed by atoms with Crippen molar-refractivity contribution >= 4 is 5.91 Å². The lowest BCUT2D eigenvalue weighted by molar-refractivity contribution is 0.0780. The fourth-order valence-electron chi connectivity index (χ4n) is 2.14. The molecule has 0 unspecified atom stereocenters. The number of hydrogen-bond donors (Lipinski definition) is 0. The number of benzene rings is 1. The first-order valence-corrected chi connectivity index (χ1v) is 6.28. The van der Waals surface area contributed by atoms with E-state index < -0.39 is 0 Å². The van der Waals surface area contributed by atoms with Gasteiger partial charge >= 0.3 is 0 Å². The maximum absolute atomic E-state index is 12.5. The molecule has 0 radical (unpaired) electrons. The van der Waals surface area contributed by atoms with Gasteiger partial charge in [-0.3, -0.25) is 9.78 Å². The Labute approximate surface area is 116 Å². The van der Waals surface area contributed by atoms with E-state index in [4.69, 9.17) is 9.47 Å². The average Bonchev–Trinajstić information content (AvgIpc) is 2.96. The van der Waals surface area contributed by atoms with Gasteiger partial charge in [-0.15, -0.1) is 0 Å². The van der Waals surface area contributed by atoms with Crippen LogP contribution in [0.25, 0.3) is 0 Å². The lowest BCUT2D eigenvalue weighted by Gasteiger charge is -2.17. The van der Waals surface area contributed by atoms with Crippen LogP contribution in [0.2, 0.25) is 0 Å². The standard InChI is InChI=1S/C15H14N2O3/c1-17(9-11-4-3-7-16-8-11)15(18)12-5-2-6-13-14(12)20-10-19-13/h2-8H,9-10H2,1H3. The molecular formula is C15H14N2O3. The van der Waals surface area contributed by atoms with Crippen LogP contribution < -0.4 is 9.47 Å². The summed E-state index contributed by atoms with van der Waals surface area (Å²) in [6.07, 6.45) is 3.46. The first-order valence-electron chi connectivity index (χ1n) is 6.28. The summed E-state index contributed by atoms with van der Waals surface area (Å²) in [6.45, 7) is 0.656. The molecular weight excluding hydrogens is 256 g/mol. The Kier molecular flexibility index (Phi) is 3.25. The zero-order chi connectivity index (χ0) is 13.9. The molecule has 0 bridgehead atoms. The first kappa shape index (κ1) is 12.5. The van der Waals surface area contributed by atoms with Gasteiger partial charge in [-0.1, -0.05) is 12.1 Å². The highest BCUT2D eigenvalue weighted by molar-refractivity contribution is 5.97. The molecule has 0 aliphatic carbocycles. The molecule has 1 aliphatic heterocycles. The van der Waals surface area contributed by atoms with Crippen molar-refractivity contribution in [3.8, 4) is 11.5 Å². The minimum Gasteiger partial charge on any atom is -0.454 e. The number of pyridine rings is 1. The van der Waals surface area contributed by atoms with Gasteiger partial charge in [0, 0.05) is 26.0 Å². The number of rotatable bonds is 3. The van der Waals surface area contributed by atoms with Crippen molar-refractivity contribution in [3.05, 3.63) is 53.9 Å². The Morgan fingerprint density at radius 3 is 3.00 bits per heavy atom. The van der Waals surface area contributed by atoms with Crippen LogP contribution in [0.4, 0.5) is 0 Å². The molecule has 20 heavy (non-hydrogen) atoms. The Morgan fingerprint density at radius 2 is 2.20 bits per heavy atom. The molecule has 1 aromatic carbocycles. The fourth-order valence-corrected chi connectivity index (χ4v) is 2.14. The van der Waals surface area contributed by atoms with E-state index in [1.165, 1.54) is 0 Å². The molecule has 0 saturated heterocycles. The van der Waals surface area contributed by atoms with Gasteiger partial charge in [0.1, 0.15) is 0 Å². The topological polar surface area (TPSA) is 51.7 Å².